The molecule has 3 nitrogen and oxygen atoms in total. The van der Waals surface area contributed by atoms with Gasteiger partial charge in [0.15, 0.2) is 0 Å². The average Bonchev–Trinajstić information content (AvgIpc) is 2.15. The molecule has 3 heteroatoms. The highest BCUT2D eigenvalue weighted by Gasteiger charge is 1.94. The number of carbonyl (C=O) groups is 2. The van der Waals surface area contributed by atoms with E-state index in [-0.39, 0.29) is 5.78 Å². The van der Waals surface area contributed by atoms with Crippen molar-refractivity contribution in [1.29, 1.82) is 0 Å². The Morgan fingerprint density at radius 2 is 1.60 bits per heavy atom. The van der Waals surface area contributed by atoms with E-state index in [0.29, 0.717) is 6.42 Å². The number of aliphatic carboxylic acids is 1. The van der Waals surface area contributed by atoms with Gasteiger partial charge < -0.3 is 9.90 Å². The van der Waals surface area contributed by atoms with Crippen LogP contribution in [0.5, 0.6) is 0 Å². The van der Waals surface area contributed by atoms with Crippen LogP contribution < -0.4 is 0 Å². The highest BCUT2D eigenvalue weighted by Crippen LogP contribution is 2.01. The Bertz CT molecular complexity index is 300. The van der Waals surface area contributed by atoms with Crippen LogP contribution in [0.4, 0.5) is 0 Å². The predicted octanol–water partition coefficient (Wildman–Crippen LogP) is 2.30. The van der Waals surface area contributed by atoms with E-state index in [1.807, 2.05) is 30.3 Å². The van der Waals surface area contributed by atoms with Gasteiger partial charge in [0.2, 0.25) is 0 Å². The summed E-state index contributed by atoms with van der Waals surface area (Å²) in [4.78, 5) is 19.6. The molecule has 1 aromatic carbocycles. The van der Waals surface area contributed by atoms with Crippen molar-refractivity contribution in [2.24, 2.45) is 0 Å². The van der Waals surface area contributed by atoms with Crippen molar-refractivity contribution in [3.05, 3.63) is 35.9 Å². The molecule has 0 aliphatic heterocycles. The van der Waals surface area contributed by atoms with Crippen LogP contribution in [0.1, 0.15) is 25.8 Å². The van der Waals surface area contributed by atoms with Crippen LogP contribution in [0.15, 0.2) is 30.3 Å². The van der Waals surface area contributed by atoms with Crippen molar-refractivity contribution in [2.75, 3.05) is 0 Å². The molecular weight excluding hydrogens is 192 g/mol. The second-order valence-electron chi connectivity index (χ2n) is 3.21. The maximum atomic E-state index is 10.6. The molecule has 0 amide bonds. The highest BCUT2D eigenvalue weighted by atomic mass is 16.4. The van der Waals surface area contributed by atoms with Crippen molar-refractivity contribution in [1.82, 2.24) is 0 Å². The first-order valence-electron chi connectivity index (χ1n) is 4.75. The Balaban J connectivity index is 0.000000423. The fourth-order valence-electron chi connectivity index (χ4n) is 0.965. The number of carboxylic acids is 1. The Hall–Kier alpha value is -1.64. The van der Waals surface area contributed by atoms with E-state index in [4.69, 9.17) is 9.90 Å². The maximum absolute atomic E-state index is 10.6. The Labute approximate surface area is 89.7 Å². The molecule has 0 radical (unpaired) electrons. The van der Waals surface area contributed by atoms with Gasteiger partial charge in [0.1, 0.15) is 5.78 Å². The summed E-state index contributed by atoms with van der Waals surface area (Å²) in [7, 11) is 0. The number of ketones is 1. The molecule has 0 saturated carbocycles. The lowest BCUT2D eigenvalue weighted by atomic mass is 10.1. The van der Waals surface area contributed by atoms with Crippen LogP contribution in [-0.4, -0.2) is 16.9 Å². The molecule has 15 heavy (non-hydrogen) atoms. The lowest BCUT2D eigenvalue weighted by Gasteiger charge is -1.96. The van der Waals surface area contributed by atoms with Crippen molar-refractivity contribution < 1.29 is 14.7 Å². The first-order chi connectivity index (χ1) is 7.02. The molecule has 0 saturated heterocycles. The summed E-state index contributed by atoms with van der Waals surface area (Å²) in [6.07, 6.45) is 1.53. The van der Waals surface area contributed by atoms with E-state index < -0.39 is 5.97 Å². The Morgan fingerprint density at radius 3 is 2.00 bits per heavy atom. The molecule has 0 aliphatic carbocycles. The molecule has 0 bridgehead atoms. The number of hydrogen-bond donors (Lipinski definition) is 1. The van der Waals surface area contributed by atoms with Crippen molar-refractivity contribution in [3.63, 3.8) is 0 Å². The van der Waals surface area contributed by atoms with E-state index in [9.17, 15) is 4.79 Å². The average molecular weight is 208 g/mol. The van der Waals surface area contributed by atoms with Gasteiger partial charge in [0, 0.05) is 13.3 Å². The van der Waals surface area contributed by atoms with E-state index in [1.54, 1.807) is 6.92 Å². The molecule has 0 atom stereocenters. The van der Waals surface area contributed by atoms with Gasteiger partial charge >= 0.3 is 0 Å². The topological polar surface area (TPSA) is 54.4 Å². The van der Waals surface area contributed by atoms with Gasteiger partial charge in [-0.25, -0.2) is 0 Å². The molecule has 1 aromatic rings. The molecule has 1 rings (SSSR count). The summed E-state index contributed by atoms with van der Waals surface area (Å²) in [5, 5.41) is 7.42. The number of rotatable bonds is 3. The zero-order chi connectivity index (χ0) is 11.7. The number of hydrogen-bond acceptors (Lipinski definition) is 2. The summed E-state index contributed by atoms with van der Waals surface area (Å²) in [5.41, 5.74) is 1.24. The number of carbonyl (C=O) groups excluding carboxylic acids is 1. The third-order valence-corrected chi connectivity index (χ3v) is 1.61. The minimum atomic E-state index is -0.833. The van der Waals surface area contributed by atoms with Crippen LogP contribution in [0, 0.1) is 0 Å². The number of Topliss-reactive ketones (excluding diaryl/α,β-unsaturated/α-hetero) is 1. The van der Waals surface area contributed by atoms with Crippen molar-refractivity contribution in [2.45, 2.75) is 26.7 Å². The van der Waals surface area contributed by atoms with Gasteiger partial charge in [-0.3, -0.25) is 4.79 Å². The molecule has 0 aromatic heterocycles. The molecule has 0 fully saturated rings. The van der Waals surface area contributed by atoms with Crippen LogP contribution >= 0.6 is 0 Å². The summed E-state index contributed by atoms with van der Waals surface area (Å²) in [5.74, 6) is -0.575. The Morgan fingerprint density at radius 1 is 1.13 bits per heavy atom. The molecule has 1 N–H and O–H groups in total. The SMILES string of the molecule is CC(=O)CCc1ccccc1.CC(=O)O. The third kappa shape index (κ3) is 10.3. The monoisotopic (exact) mass is 208 g/mol. The zero-order valence-electron chi connectivity index (χ0n) is 9.06. The van der Waals surface area contributed by atoms with Gasteiger partial charge in [0.05, 0.1) is 0 Å². The fraction of sp³-hybridized carbons (Fsp3) is 0.333. The third-order valence-electron chi connectivity index (χ3n) is 1.61. The van der Waals surface area contributed by atoms with Crippen LogP contribution in [0.25, 0.3) is 0 Å². The fourth-order valence-corrected chi connectivity index (χ4v) is 0.965. The molecule has 0 heterocycles. The standard InChI is InChI=1S/C10H12O.C2H4O2/c1-9(11)7-8-10-5-3-2-4-6-10;1-2(3)4/h2-6H,7-8H2,1H3;1H3,(H,3,4). The van der Waals surface area contributed by atoms with Gasteiger partial charge in [-0.05, 0) is 18.9 Å². The largest absolute Gasteiger partial charge is 0.481 e. The van der Waals surface area contributed by atoms with Gasteiger partial charge in [-0.1, -0.05) is 30.3 Å². The minimum Gasteiger partial charge on any atom is -0.481 e. The molecule has 0 aliphatic rings. The lowest BCUT2D eigenvalue weighted by molar-refractivity contribution is -0.134. The van der Waals surface area contributed by atoms with Crippen LogP contribution in [0.2, 0.25) is 0 Å². The Kier molecular flexibility index (Phi) is 6.89. The summed E-state index contributed by atoms with van der Waals surface area (Å²) >= 11 is 0. The molecule has 0 spiro atoms. The highest BCUT2D eigenvalue weighted by molar-refractivity contribution is 5.75. The number of aryl methyl sites for hydroxylation is 1. The zero-order valence-corrected chi connectivity index (χ0v) is 9.06. The number of carboxylic acid groups (broad SMARTS) is 1. The normalized spacial score (nSPS) is 8.67. The minimum absolute atomic E-state index is 0.258. The first kappa shape index (κ1) is 13.4. The van der Waals surface area contributed by atoms with Gasteiger partial charge in [-0.2, -0.15) is 0 Å². The summed E-state index contributed by atoms with van der Waals surface area (Å²) in [6, 6.07) is 10.1. The molecule has 0 unspecified atom stereocenters. The first-order valence-corrected chi connectivity index (χ1v) is 4.75. The van der Waals surface area contributed by atoms with E-state index >= 15 is 0 Å². The lowest BCUT2D eigenvalue weighted by Crippen LogP contribution is -1.92. The predicted molar refractivity (Wildman–Crippen MR) is 58.8 cm³/mol. The van der Waals surface area contributed by atoms with E-state index in [0.717, 1.165) is 13.3 Å². The maximum Gasteiger partial charge on any atom is 0.300 e. The van der Waals surface area contributed by atoms with E-state index in [1.165, 1.54) is 5.56 Å². The van der Waals surface area contributed by atoms with Crippen LogP contribution in [-0.2, 0) is 16.0 Å². The van der Waals surface area contributed by atoms with E-state index in [2.05, 4.69) is 0 Å². The quantitative estimate of drug-likeness (QED) is 0.829. The van der Waals surface area contributed by atoms with Crippen molar-refractivity contribution >= 4 is 11.8 Å². The molecule has 82 valence electrons. The molecular formula is C12H16O3. The number of benzene rings is 1. The van der Waals surface area contributed by atoms with Crippen LogP contribution in [0.3, 0.4) is 0 Å². The smallest absolute Gasteiger partial charge is 0.300 e. The summed E-state index contributed by atoms with van der Waals surface area (Å²) < 4.78 is 0. The van der Waals surface area contributed by atoms with Gasteiger partial charge in [-0.15, -0.1) is 0 Å². The second-order valence-corrected chi connectivity index (χ2v) is 3.21. The van der Waals surface area contributed by atoms with Crippen molar-refractivity contribution in [3.8, 4) is 0 Å². The second kappa shape index (κ2) is 7.74. The summed E-state index contributed by atoms with van der Waals surface area (Å²) in [6.45, 7) is 2.71. The van der Waals surface area contributed by atoms with Gasteiger partial charge in [0.25, 0.3) is 5.97 Å².